The standard InChI is InChI=1S/C12H25N3O/c1-9(2)15(8-12(13)14-16)11-6-4-5-10(3)7-11/h9-11,16H,4-8H2,1-3H3,(H2,13,14). The number of hydrogen-bond donors (Lipinski definition) is 2. The monoisotopic (exact) mass is 227 g/mol. The third-order valence-electron chi connectivity index (χ3n) is 3.51. The normalized spacial score (nSPS) is 27.7. The molecule has 1 fully saturated rings. The van der Waals surface area contributed by atoms with Crippen molar-refractivity contribution in [3.05, 3.63) is 0 Å². The molecule has 1 aliphatic rings. The first kappa shape index (κ1) is 13.3. The van der Waals surface area contributed by atoms with E-state index in [-0.39, 0.29) is 0 Å². The molecule has 4 nitrogen and oxygen atoms in total. The van der Waals surface area contributed by atoms with Crippen LogP contribution in [0.3, 0.4) is 0 Å². The van der Waals surface area contributed by atoms with Crippen LogP contribution in [0.25, 0.3) is 0 Å². The number of oxime groups is 1. The highest BCUT2D eigenvalue weighted by Gasteiger charge is 2.26. The van der Waals surface area contributed by atoms with Gasteiger partial charge in [-0.25, -0.2) is 0 Å². The molecule has 0 aromatic rings. The van der Waals surface area contributed by atoms with E-state index in [1.165, 1.54) is 25.7 Å². The zero-order valence-electron chi connectivity index (χ0n) is 10.7. The van der Waals surface area contributed by atoms with Gasteiger partial charge in [0.15, 0.2) is 5.84 Å². The summed E-state index contributed by atoms with van der Waals surface area (Å²) in [7, 11) is 0. The molecule has 3 N–H and O–H groups in total. The summed E-state index contributed by atoms with van der Waals surface area (Å²) in [5, 5.41) is 11.7. The van der Waals surface area contributed by atoms with Crippen LogP contribution >= 0.6 is 0 Å². The van der Waals surface area contributed by atoms with Gasteiger partial charge in [0.2, 0.25) is 0 Å². The van der Waals surface area contributed by atoms with Crippen LogP contribution in [0.2, 0.25) is 0 Å². The van der Waals surface area contributed by atoms with Crippen LogP contribution in [0.4, 0.5) is 0 Å². The van der Waals surface area contributed by atoms with Crippen LogP contribution in [0.15, 0.2) is 5.16 Å². The molecule has 94 valence electrons. The maximum absolute atomic E-state index is 8.65. The largest absolute Gasteiger partial charge is 0.409 e. The molecule has 0 bridgehead atoms. The van der Waals surface area contributed by atoms with Gasteiger partial charge in [-0.3, -0.25) is 4.90 Å². The maximum Gasteiger partial charge on any atom is 0.153 e. The molecule has 16 heavy (non-hydrogen) atoms. The van der Waals surface area contributed by atoms with Gasteiger partial charge in [-0.15, -0.1) is 0 Å². The fraction of sp³-hybridized carbons (Fsp3) is 0.917. The lowest BCUT2D eigenvalue weighted by Gasteiger charge is -2.38. The molecule has 1 saturated carbocycles. The summed E-state index contributed by atoms with van der Waals surface area (Å²) in [5.41, 5.74) is 5.61. The highest BCUT2D eigenvalue weighted by atomic mass is 16.4. The fourth-order valence-electron chi connectivity index (χ4n) is 2.66. The molecule has 0 radical (unpaired) electrons. The van der Waals surface area contributed by atoms with Gasteiger partial charge in [-0.05, 0) is 32.6 Å². The second-order valence-electron chi connectivity index (χ2n) is 5.28. The molecular formula is C12H25N3O. The quantitative estimate of drug-likeness (QED) is 0.334. The minimum Gasteiger partial charge on any atom is -0.409 e. The van der Waals surface area contributed by atoms with Gasteiger partial charge >= 0.3 is 0 Å². The summed E-state index contributed by atoms with van der Waals surface area (Å²) < 4.78 is 0. The van der Waals surface area contributed by atoms with Crippen LogP contribution < -0.4 is 5.73 Å². The lowest BCUT2D eigenvalue weighted by Crippen LogP contribution is -2.47. The number of hydrogen-bond acceptors (Lipinski definition) is 3. The molecule has 0 saturated heterocycles. The molecule has 0 amide bonds. The molecule has 0 aliphatic heterocycles. The van der Waals surface area contributed by atoms with Crippen molar-refractivity contribution in [1.82, 2.24) is 4.90 Å². The summed E-state index contributed by atoms with van der Waals surface area (Å²) in [4.78, 5) is 2.35. The Balaban J connectivity index is 2.61. The van der Waals surface area contributed by atoms with E-state index < -0.39 is 0 Å². The second kappa shape index (κ2) is 6.09. The molecule has 4 heteroatoms. The van der Waals surface area contributed by atoms with Gasteiger partial charge in [0, 0.05) is 12.1 Å². The van der Waals surface area contributed by atoms with E-state index in [4.69, 9.17) is 10.9 Å². The second-order valence-corrected chi connectivity index (χ2v) is 5.28. The summed E-state index contributed by atoms with van der Waals surface area (Å²) in [6, 6.07) is 1.03. The average molecular weight is 227 g/mol. The molecule has 0 aromatic carbocycles. The summed E-state index contributed by atoms with van der Waals surface area (Å²) >= 11 is 0. The molecule has 1 rings (SSSR count). The van der Waals surface area contributed by atoms with Gasteiger partial charge < -0.3 is 10.9 Å². The van der Waals surface area contributed by atoms with Crippen molar-refractivity contribution < 1.29 is 5.21 Å². The topological polar surface area (TPSA) is 61.8 Å². The van der Waals surface area contributed by atoms with Crippen molar-refractivity contribution in [2.24, 2.45) is 16.8 Å². The Hall–Kier alpha value is -0.770. The van der Waals surface area contributed by atoms with Crippen molar-refractivity contribution in [2.75, 3.05) is 6.54 Å². The number of rotatable bonds is 4. The van der Waals surface area contributed by atoms with Crippen molar-refractivity contribution in [3.63, 3.8) is 0 Å². The molecule has 0 heterocycles. The predicted octanol–water partition coefficient (Wildman–Crippen LogP) is 2.02. The van der Waals surface area contributed by atoms with Crippen molar-refractivity contribution in [2.45, 2.75) is 58.5 Å². The number of amidine groups is 1. The number of nitrogens with two attached hydrogens (primary N) is 1. The minimum absolute atomic E-state index is 0.312. The van der Waals surface area contributed by atoms with E-state index >= 15 is 0 Å². The molecule has 0 aromatic heterocycles. The van der Waals surface area contributed by atoms with Crippen LogP contribution in [0, 0.1) is 5.92 Å². The first-order valence-electron chi connectivity index (χ1n) is 6.26. The van der Waals surface area contributed by atoms with Gasteiger partial charge in [-0.2, -0.15) is 0 Å². The Morgan fingerprint density at radius 1 is 1.50 bits per heavy atom. The Labute approximate surface area is 98.5 Å². The first-order valence-corrected chi connectivity index (χ1v) is 6.26. The van der Waals surface area contributed by atoms with Crippen molar-refractivity contribution >= 4 is 5.84 Å². The lowest BCUT2D eigenvalue weighted by molar-refractivity contribution is 0.120. The molecular weight excluding hydrogens is 202 g/mol. The average Bonchev–Trinajstić information content (AvgIpc) is 2.25. The third-order valence-corrected chi connectivity index (χ3v) is 3.51. The van der Waals surface area contributed by atoms with E-state index in [2.05, 4.69) is 30.8 Å². The summed E-state index contributed by atoms with van der Waals surface area (Å²) in [6.45, 7) is 7.23. The SMILES string of the molecule is CC1CCCC(N(CC(N)=NO)C(C)C)C1. The molecule has 2 atom stereocenters. The Morgan fingerprint density at radius 3 is 2.69 bits per heavy atom. The maximum atomic E-state index is 8.65. The van der Waals surface area contributed by atoms with Crippen LogP contribution in [0.1, 0.15) is 46.5 Å². The van der Waals surface area contributed by atoms with E-state index in [1.54, 1.807) is 0 Å². The smallest absolute Gasteiger partial charge is 0.153 e. The Bertz CT molecular complexity index is 240. The van der Waals surface area contributed by atoms with E-state index in [0.29, 0.717) is 24.5 Å². The molecule has 2 unspecified atom stereocenters. The highest BCUT2D eigenvalue weighted by Crippen LogP contribution is 2.28. The van der Waals surface area contributed by atoms with E-state index in [0.717, 1.165) is 5.92 Å². The van der Waals surface area contributed by atoms with Gasteiger partial charge in [0.25, 0.3) is 0 Å². The van der Waals surface area contributed by atoms with Gasteiger partial charge in [0.1, 0.15) is 0 Å². The zero-order chi connectivity index (χ0) is 12.1. The fourth-order valence-corrected chi connectivity index (χ4v) is 2.66. The van der Waals surface area contributed by atoms with Crippen LogP contribution in [0.5, 0.6) is 0 Å². The van der Waals surface area contributed by atoms with E-state index in [9.17, 15) is 0 Å². The lowest BCUT2D eigenvalue weighted by atomic mass is 9.85. The third kappa shape index (κ3) is 3.67. The first-order chi connectivity index (χ1) is 7.54. The highest BCUT2D eigenvalue weighted by molar-refractivity contribution is 5.81. The van der Waals surface area contributed by atoms with Crippen LogP contribution in [-0.4, -0.2) is 34.6 Å². The summed E-state index contributed by atoms with van der Waals surface area (Å²) in [6.07, 6.45) is 5.11. The van der Waals surface area contributed by atoms with Crippen LogP contribution in [-0.2, 0) is 0 Å². The van der Waals surface area contributed by atoms with Gasteiger partial charge in [-0.1, -0.05) is 24.9 Å². The predicted molar refractivity (Wildman–Crippen MR) is 66.7 cm³/mol. The number of nitrogens with zero attached hydrogens (tertiary/aromatic N) is 2. The van der Waals surface area contributed by atoms with E-state index in [1.807, 2.05) is 0 Å². The minimum atomic E-state index is 0.312. The molecule has 1 aliphatic carbocycles. The van der Waals surface area contributed by atoms with Gasteiger partial charge in [0.05, 0.1) is 6.54 Å². The Kier molecular flexibility index (Phi) is 5.06. The van der Waals surface area contributed by atoms with Crippen molar-refractivity contribution in [1.29, 1.82) is 0 Å². The van der Waals surface area contributed by atoms with Crippen molar-refractivity contribution in [3.8, 4) is 0 Å². The molecule has 0 spiro atoms. The zero-order valence-corrected chi connectivity index (χ0v) is 10.7. The summed E-state index contributed by atoms with van der Waals surface area (Å²) in [5.74, 6) is 1.11. The Morgan fingerprint density at radius 2 is 2.19 bits per heavy atom.